The van der Waals surface area contributed by atoms with Crippen molar-refractivity contribution >= 4 is 33.4 Å². The van der Waals surface area contributed by atoms with Crippen molar-refractivity contribution in [3.63, 3.8) is 0 Å². The fourth-order valence-electron chi connectivity index (χ4n) is 3.73. The fourth-order valence-corrected chi connectivity index (χ4v) is 4.19. The molecule has 33 heavy (non-hydrogen) atoms. The molecule has 176 valence electrons. The number of carbonyl (C=O) groups is 2. The minimum atomic E-state index is -0.869. The Kier molecular flexibility index (Phi) is 7.65. The number of likely N-dealkylation sites (tertiary alicyclic amines) is 1. The number of aromatic hydroxyl groups is 1. The molecule has 2 aromatic rings. The normalized spacial score (nSPS) is 17.6. The van der Waals surface area contributed by atoms with Gasteiger partial charge in [-0.05, 0) is 66.8 Å². The molecule has 1 saturated heterocycles. The molecule has 0 saturated carbocycles. The third-order valence-corrected chi connectivity index (χ3v) is 5.94. The van der Waals surface area contributed by atoms with Gasteiger partial charge in [0.15, 0.2) is 11.5 Å². The topological polar surface area (TPSA) is 99.5 Å². The maximum atomic E-state index is 13.1. The highest BCUT2D eigenvalue weighted by Crippen LogP contribution is 2.44. The number of aliphatic hydroxyl groups is 1. The van der Waals surface area contributed by atoms with Crippen molar-refractivity contribution in [3.05, 3.63) is 57.6 Å². The lowest BCUT2D eigenvalue weighted by atomic mass is 9.95. The van der Waals surface area contributed by atoms with E-state index in [-0.39, 0.29) is 29.4 Å². The standard InChI is InChI=1S/C24H27BrN2O6/c1-5-33-16-8-6-7-14(11-16)21(28)19-20(15-12-17(25)22(29)18(13-15)32-4)27(10-9-26(2)3)24(31)23(19)30/h6-8,11-13,20,28-29H,5,9-10H2,1-4H3/b21-19+. The number of rotatable bonds is 8. The van der Waals surface area contributed by atoms with Crippen molar-refractivity contribution in [3.8, 4) is 17.2 Å². The Labute approximate surface area is 201 Å². The second kappa shape index (κ2) is 10.3. The molecule has 1 heterocycles. The summed E-state index contributed by atoms with van der Waals surface area (Å²) in [6.45, 7) is 3.07. The lowest BCUT2D eigenvalue weighted by Crippen LogP contribution is -2.35. The van der Waals surface area contributed by atoms with Crippen LogP contribution in [0.5, 0.6) is 17.2 Å². The monoisotopic (exact) mass is 518 g/mol. The van der Waals surface area contributed by atoms with Crippen LogP contribution in [0.25, 0.3) is 5.76 Å². The Morgan fingerprint density at radius 3 is 2.58 bits per heavy atom. The average Bonchev–Trinajstić information content (AvgIpc) is 3.04. The Bertz CT molecular complexity index is 1100. The van der Waals surface area contributed by atoms with E-state index in [4.69, 9.17) is 9.47 Å². The van der Waals surface area contributed by atoms with Crippen molar-refractivity contribution < 1.29 is 29.3 Å². The highest BCUT2D eigenvalue weighted by atomic mass is 79.9. The molecule has 2 aromatic carbocycles. The van der Waals surface area contributed by atoms with Gasteiger partial charge in [0.1, 0.15) is 11.5 Å². The van der Waals surface area contributed by atoms with E-state index >= 15 is 0 Å². The zero-order chi connectivity index (χ0) is 24.3. The first-order chi connectivity index (χ1) is 15.7. The fraction of sp³-hybridized carbons (Fsp3) is 0.333. The highest BCUT2D eigenvalue weighted by Gasteiger charge is 2.46. The zero-order valence-corrected chi connectivity index (χ0v) is 20.5. The van der Waals surface area contributed by atoms with Crippen LogP contribution < -0.4 is 9.47 Å². The number of nitrogens with zero attached hydrogens (tertiary/aromatic N) is 2. The number of aliphatic hydroxyl groups excluding tert-OH is 1. The summed E-state index contributed by atoms with van der Waals surface area (Å²) in [7, 11) is 5.14. The third-order valence-electron chi connectivity index (χ3n) is 5.33. The van der Waals surface area contributed by atoms with Crippen molar-refractivity contribution in [2.45, 2.75) is 13.0 Å². The molecule has 1 aliphatic heterocycles. The van der Waals surface area contributed by atoms with Crippen LogP contribution in [0, 0.1) is 0 Å². The van der Waals surface area contributed by atoms with E-state index in [1.807, 2.05) is 25.9 Å². The number of amides is 1. The molecule has 0 aromatic heterocycles. The summed E-state index contributed by atoms with van der Waals surface area (Å²) >= 11 is 3.30. The first-order valence-electron chi connectivity index (χ1n) is 10.4. The number of phenols is 1. The van der Waals surface area contributed by atoms with Gasteiger partial charge in [-0.3, -0.25) is 9.59 Å². The SMILES string of the molecule is CCOc1cccc(/C(O)=C2\C(=O)C(=O)N(CCN(C)C)C2c2cc(Br)c(O)c(OC)c2)c1. The Morgan fingerprint density at radius 2 is 1.94 bits per heavy atom. The molecule has 0 spiro atoms. The van der Waals surface area contributed by atoms with Gasteiger partial charge in [0.25, 0.3) is 11.7 Å². The summed E-state index contributed by atoms with van der Waals surface area (Å²) in [4.78, 5) is 29.5. The predicted molar refractivity (Wildman–Crippen MR) is 128 cm³/mol. The van der Waals surface area contributed by atoms with Crippen LogP contribution in [0.1, 0.15) is 24.1 Å². The van der Waals surface area contributed by atoms with E-state index in [1.165, 1.54) is 12.0 Å². The van der Waals surface area contributed by atoms with E-state index in [0.29, 0.717) is 34.5 Å². The van der Waals surface area contributed by atoms with Crippen LogP contribution in [-0.2, 0) is 9.59 Å². The number of benzene rings is 2. The van der Waals surface area contributed by atoms with Crippen molar-refractivity contribution in [2.24, 2.45) is 0 Å². The summed E-state index contributed by atoms with van der Waals surface area (Å²) in [6.07, 6.45) is 0. The zero-order valence-electron chi connectivity index (χ0n) is 19.0. The van der Waals surface area contributed by atoms with Gasteiger partial charge in [0, 0.05) is 18.7 Å². The van der Waals surface area contributed by atoms with Crippen LogP contribution in [0.4, 0.5) is 0 Å². The molecule has 1 amide bonds. The van der Waals surface area contributed by atoms with E-state index in [1.54, 1.807) is 36.4 Å². The summed E-state index contributed by atoms with van der Waals surface area (Å²) in [5.41, 5.74) is 0.838. The van der Waals surface area contributed by atoms with Crippen LogP contribution in [0.2, 0.25) is 0 Å². The third kappa shape index (κ3) is 4.99. The lowest BCUT2D eigenvalue weighted by Gasteiger charge is -2.27. The molecule has 0 radical (unpaired) electrons. The molecule has 0 aliphatic carbocycles. The first kappa shape index (κ1) is 24.6. The van der Waals surface area contributed by atoms with E-state index in [2.05, 4.69) is 15.9 Å². The predicted octanol–water partition coefficient (Wildman–Crippen LogP) is 3.55. The first-order valence-corrected chi connectivity index (χ1v) is 11.2. The number of halogens is 1. The van der Waals surface area contributed by atoms with Crippen LogP contribution in [0.3, 0.4) is 0 Å². The Morgan fingerprint density at radius 1 is 1.21 bits per heavy atom. The number of carbonyl (C=O) groups excluding carboxylic acids is 2. The number of methoxy groups -OCH3 is 1. The maximum absolute atomic E-state index is 13.1. The maximum Gasteiger partial charge on any atom is 0.295 e. The number of phenolic OH excluding ortho intramolecular Hbond substituents is 1. The number of hydrogen-bond acceptors (Lipinski definition) is 7. The van der Waals surface area contributed by atoms with Gasteiger partial charge in [0.2, 0.25) is 0 Å². The molecule has 3 rings (SSSR count). The molecule has 1 aliphatic rings. The number of Topliss-reactive ketones (excluding diaryl/α,β-unsaturated/α-hetero) is 1. The van der Waals surface area contributed by atoms with Gasteiger partial charge in [-0.15, -0.1) is 0 Å². The minimum Gasteiger partial charge on any atom is -0.507 e. The number of hydrogen-bond donors (Lipinski definition) is 2. The Balaban J connectivity index is 2.21. The Hall–Kier alpha value is -3.04. The molecule has 8 nitrogen and oxygen atoms in total. The largest absolute Gasteiger partial charge is 0.507 e. The van der Waals surface area contributed by atoms with Gasteiger partial charge < -0.3 is 29.5 Å². The van der Waals surface area contributed by atoms with Gasteiger partial charge >= 0.3 is 0 Å². The molecular formula is C24H27BrN2O6. The second-order valence-electron chi connectivity index (χ2n) is 7.81. The van der Waals surface area contributed by atoms with E-state index < -0.39 is 17.7 Å². The summed E-state index contributed by atoms with van der Waals surface area (Å²) in [5.74, 6) is -1.16. The molecule has 0 bridgehead atoms. The second-order valence-corrected chi connectivity index (χ2v) is 8.66. The number of ether oxygens (including phenoxy) is 2. The van der Waals surface area contributed by atoms with Crippen molar-refractivity contribution in [1.29, 1.82) is 0 Å². The summed E-state index contributed by atoms with van der Waals surface area (Å²) in [5, 5.41) is 21.4. The van der Waals surface area contributed by atoms with Crippen molar-refractivity contribution in [2.75, 3.05) is 40.9 Å². The van der Waals surface area contributed by atoms with Crippen molar-refractivity contribution in [1.82, 2.24) is 9.80 Å². The molecule has 2 N–H and O–H groups in total. The summed E-state index contributed by atoms with van der Waals surface area (Å²) in [6, 6.07) is 9.02. The van der Waals surface area contributed by atoms with Gasteiger partial charge in [-0.2, -0.15) is 0 Å². The summed E-state index contributed by atoms with van der Waals surface area (Å²) < 4.78 is 11.1. The average molecular weight is 519 g/mol. The molecule has 1 unspecified atom stereocenters. The van der Waals surface area contributed by atoms with E-state index in [9.17, 15) is 19.8 Å². The lowest BCUT2D eigenvalue weighted by molar-refractivity contribution is -0.140. The highest BCUT2D eigenvalue weighted by molar-refractivity contribution is 9.10. The minimum absolute atomic E-state index is 0.0351. The van der Waals surface area contributed by atoms with Gasteiger partial charge in [-0.1, -0.05) is 12.1 Å². The quantitative estimate of drug-likeness (QED) is 0.313. The van der Waals surface area contributed by atoms with Crippen LogP contribution >= 0.6 is 15.9 Å². The molecule has 1 fully saturated rings. The smallest absolute Gasteiger partial charge is 0.295 e. The van der Waals surface area contributed by atoms with Crippen LogP contribution in [0.15, 0.2) is 46.4 Å². The van der Waals surface area contributed by atoms with Gasteiger partial charge in [0.05, 0.1) is 29.8 Å². The van der Waals surface area contributed by atoms with Crippen LogP contribution in [-0.4, -0.2) is 72.6 Å². The van der Waals surface area contributed by atoms with E-state index in [0.717, 1.165) is 0 Å². The number of ketones is 1. The molecular weight excluding hydrogens is 492 g/mol. The number of likely N-dealkylation sites (N-methyl/N-ethyl adjacent to an activating group) is 1. The van der Waals surface area contributed by atoms with Gasteiger partial charge in [-0.25, -0.2) is 0 Å². The molecule has 9 heteroatoms. The molecule has 1 atom stereocenters.